The smallest absolute Gasteiger partial charge is 0.300 e. The molecule has 184 valence electrons. The van der Waals surface area contributed by atoms with E-state index in [4.69, 9.17) is 21.1 Å². The average molecular weight is 508 g/mol. The molecular weight excluding hydrogens is 486 g/mol. The number of benzene rings is 2. The van der Waals surface area contributed by atoms with Crippen LogP contribution in [0.2, 0.25) is 5.02 Å². The van der Waals surface area contributed by atoms with Crippen LogP contribution in [0.5, 0.6) is 11.5 Å². The Balaban J connectivity index is 1.91. The number of ether oxygens (including phenoxy) is 2. The predicted octanol–water partition coefficient (Wildman–Crippen LogP) is 4.34. The lowest BCUT2D eigenvalue weighted by molar-refractivity contribution is -0.132. The van der Waals surface area contributed by atoms with Crippen molar-refractivity contribution >= 4 is 46.3 Å². The van der Waals surface area contributed by atoms with Gasteiger partial charge in [-0.15, -0.1) is 0 Å². The van der Waals surface area contributed by atoms with Crippen LogP contribution in [0.25, 0.3) is 5.76 Å². The van der Waals surface area contributed by atoms with Crippen molar-refractivity contribution in [3.63, 3.8) is 0 Å². The molecule has 1 atom stereocenters. The lowest BCUT2D eigenvalue weighted by Gasteiger charge is -2.25. The van der Waals surface area contributed by atoms with Gasteiger partial charge in [0.15, 0.2) is 0 Å². The Hall–Kier alpha value is -4.37. The Labute approximate surface area is 211 Å². The lowest BCUT2D eigenvalue weighted by atomic mass is 9.95. The minimum Gasteiger partial charge on any atom is -0.507 e. The Morgan fingerprint density at radius 3 is 2.36 bits per heavy atom. The molecule has 0 saturated carbocycles. The molecule has 0 aliphatic carbocycles. The van der Waals surface area contributed by atoms with E-state index in [0.29, 0.717) is 22.7 Å². The molecule has 9 nitrogen and oxygen atoms in total. The highest BCUT2D eigenvalue weighted by molar-refractivity contribution is 6.51. The number of pyridine rings is 1. The van der Waals surface area contributed by atoms with Crippen LogP contribution in [0.15, 0.2) is 66.5 Å². The molecule has 1 aliphatic heterocycles. The molecule has 1 fully saturated rings. The monoisotopic (exact) mass is 507 g/mol. The zero-order chi connectivity index (χ0) is 26.0. The van der Waals surface area contributed by atoms with Crippen molar-refractivity contribution < 1.29 is 29.0 Å². The maximum atomic E-state index is 13.3. The number of carbonyl (C=O) groups excluding carboxylic acids is 3. The Kier molecular flexibility index (Phi) is 6.93. The number of hydrogen-bond acceptors (Lipinski definition) is 7. The van der Waals surface area contributed by atoms with Crippen LogP contribution in [-0.2, 0) is 14.4 Å². The molecule has 2 heterocycles. The molecule has 1 unspecified atom stereocenters. The number of amides is 2. The van der Waals surface area contributed by atoms with Gasteiger partial charge in [-0.1, -0.05) is 17.7 Å². The zero-order valence-corrected chi connectivity index (χ0v) is 20.4. The number of nitrogens with zero attached hydrogens (tertiary/aromatic N) is 2. The molecule has 0 radical (unpaired) electrons. The van der Waals surface area contributed by atoms with Crippen molar-refractivity contribution in [2.24, 2.45) is 0 Å². The maximum absolute atomic E-state index is 13.3. The Bertz CT molecular complexity index is 1370. The van der Waals surface area contributed by atoms with E-state index in [2.05, 4.69) is 10.3 Å². The molecule has 36 heavy (non-hydrogen) atoms. The molecule has 2 amide bonds. The fourth-order valence-corrected chi connectivity index (χ4v) is 4.29. The highest BCUT2D eigenvalue weighted by Gasteiger charge is 2.47. The number of aromatic nitrogens is 1. The van der Waals surface area contributed by atoms with E-state index in [0.717, 1.165) is 0 Å². The standard InChI is InChI=1S/C26H22ClN3O6/c1-14(31)29-16-6-8-17(9-7-16)30-23(15-5-4-10-28-13-15)22(25(33)26(30)34)24(32)18-11-19(27)21(36-3)12-20(18)35-2/h4-13,23,32H,1-3H3,(H,29,31)/b24-22+. The number of carbonyl (C=O) groups is 3. The number of rotatable bonds is 6. The molecule has 10 heteroatoms. The molecule has 1 aromatic heterocycles. The van der Waals surface area contributed by atoms with Crippen LogP contribution in [0.3, 0.4) is 0 Å². The fourth-order valence-electron chi connectivity index (χ4n) is 4.05. The second-order valence-electron chi connectivity index (χ2n) is 7.87. The van der Waals surface area contributed by atoms with Crippen LogP contribution in [0.4, 0.5) is 11.4 Å². The predicted molar refractivity (Wildman–Crippen MR) is 134 cm³/mol. The quantitative estimate of drug-likeness (QED) is 0.289. The van der Waals surface area contributed by atoms with Crippen molar-refractivity contribution in [1.82, 2.24) is 4.98 Å². The van der Waals surface area contributed by atoms with Crippen molar-refractivity contribution in [2.45, 2.75) is 13.0 Å². The minimum absolute atomic E-state index is 0.121. The number of ketones is 1. The van der Waals surface area contributed by atoms with E-state index < -0.39 is 23.5 Å². The van der Waals surface area contributed by atoms with E-state index in [1.807, 2.05) is 0 Å². The van der Waals surface area contributed by atoms with Crippen molar-refractivity contribution in [3.8, 4) is 11.5 Å². The van der Waals surface area contributed by atoms with E-state index in [1.54, 1.807) is 42.6 Å². The van der Waals surface area contributed by atoms with Gasteiger partial charge in [0, 0.05) is 36.8 Å². The summed E-state index contributed by atoms with van der Waals surface area (Å²) in [6.07, 6.45) is 3.07. The van der Waals surface area contributed by atoms with Crippen LogP contribution < -0.4 is 19.7 Å². The van der Waals surface area contributed by atoms with Crippen LogP contribution in [-0.4, -0.2) is 41.9 Å². The summed E-state index contributed by atoms with van der Waals surface area (Å²) in [6, 6.07) is 11.7. The van der Waals surface area contributed by atoms with E-state index >= 15 is 0 Å². The van der Waals surface area contributed by atoms with Gasteiger partial charge in [0.2, 0.25) is 5.91 Å². The van der Waals surface area contributed by atoms with E-state index in [1.165, 1.54) is 44.4 Å². The third-order valence-corrected chi connectivity index (χ3v) is 5.93. The second kappa shape index (κ2) is 10.1. The molecule has 0 spiro atoms. The first-order valence-electron chi connectivity index (χ1n) is 10.8. The van der Waals surface area contributed by atoms with Crippen LogP contribution in [0, 0.1) is 0 Å². The van der Waals surface area contributed by atoms with Gasteiger partial charge in [-0.2, -0.15) is 0 Å². The topological polar surface area (TPSA) is 118 Å². The number of anilines is 2. The summed E-state index contributed by atoms with van der Waals surface area (Å²) in [5.41, 5.74) is 1.38. The van der Waals surface area contributed by atoms with Gasteiger partial charge in [-0.25, -0.2) is 0 Å². The summed E-state index contributed by atoms with van der Waals surface area (Å²) in [4.78, 5) is 43.4. The molecular formula is C26H22ClN3O6. The Morgan fingerprint density at radius 1 is 1.08 bits per heavy atom. The van der Waals surface area contributed by atoms with Gasteiger partial charge in [-0.05, 0) is 42.0 Å². The normalized spacial score (nSPS) is 16.7. The van der Waals surface area contributed by atoms with Gasteiger partial charge < -0.3 is 19.9 Å². The lowest BCUT2D eigenvalue weighted by Crippen LogP contribution is -2.29. The van der Waals surface area contributed by atoms with Gasteiger partial charge in [0.05, 0.1) is 36.4 Å². The summed E-state index contributed by atoms with van der Waals surface area (Å²) in [6.45, 7) is 1.38. The maximum Gasteiger partial charge on any atom is 0.300 e. The number of hydrogen-bond donors (Lipinski definition) is 2. The van der Waals surface area contributed by atoms with Crippen molar-refractivity contribution in [1.29, 1.82) is 0 Å². The van der Waals surface area contributed by atoms with Gasteiger partial charge in [0.1, 0.15) is 17.3 Å². The molecule has 1 saturated heterocycles. The summed E-state index contributed by atoms with van der Waals surface area (Å²) >= 11 is 6.29. The number of methoxy groups -OCH3 is 2. The summed E-state index contributed by atoms with van der Waals surface area (Å²) in [5.74, 6) is -1.91. The first-order chi connectivity index (χ1) is 17.3. The van der Waals surface area contributed by atoms with Crippen LogP contribution in [0.1, 0.15) is 24.1 Å². The highest BCUT2D eigenvalue weighted by Crippen LogP contribution is 2.44. The number of Topliss-reactive ketones (excluding diaryl/α,β-unsaturated/α-hetero) is 1. The summed E-state index contributed by atoms with van der Waals surface area (Å²) < 4.78 is 10.6. The largest absolute Gasteiger partial charge is 0.507 e. The second-order valence-corrected chi connectivity index (χ2v) is 8.28. The molecule has 1 aliphatic rings. The number of aliphatic hydroxyl groups excluding tert-OH is 1. The van der Waals surface area contributed by atoms with E-state index in [-0.39, 0.29) is 27.8 Å². The highest BCUT2D eigenvalue weighted by atomic mass is 35.5. The van der Waals surface area contributed by atoms with Gasteiger partial charge in [-0.3, -0.25) is 24.3 Å². The average Bonchev–Trinajstić information content (AvgIpc) is 3.14. The number of nitrogens with one attached hydrogen (secondary N) is 1. The molecule has 2 aromatic carbocycles. The van der Waals surface area contributed by atoms with Gasteiger partial charge in [0.25, 0.3) is 11.7 Å². The van der Waals surface area contributed by atoms with Crippen LogP contribution >= 0.6 is 11.6 Å². The Morgan fingerprint density at radius 2 is 1.78 bits per heavy atom. The first-order valence-corrected chi connectivity index (χ1v) is 11.1. The third kappa shape index (κ3) is 4.48. The number of halogens is 1. The third-order valence-electron chi connectivity index (χ3n) is 5.64. The summed E-state index contributed by atoms with van der Waals surface area (Å²) in [7, 11) is 2.83. The van der Waals surface area contributed by atoms with Crippen molar-refractivity contribution in [3.05, 3.63) is 82.6 Å². The van der Waals surface area contributed by atoms with Crippen molar-refractivity contribution in [2.75, 3.05) is 24.4 Å². The summed E-state index contributed by atoms with van der Waals surface area (Å²) in [5, 5.41) is 14.2. The van der Waals surface area contributed by atoms with E-state index in [9.17, 15) is 19.5 Å². The molecule has 4 rings (SSSR count). The molecule has 2 N–H and O–H groups in total. The SMILES string of the molecule is COc1cc(OC)c(/C(O)=C2\C(=O)C(=O)N(c3ccc(NC(C)=O)cc3)C2c2cccnc2)cc1Cl. The molecule has 0 bridgehead atoms. The molecule has 3 aromatic rings. The first kappa shape index (κ1) is 24.7. The zero-order valence-electron chi connectivity index (χ0n) is 19.6. The fraction of sp³-hybridized carbons (Fsp3) is 0.154. The van der Waals surface area contributed by atoms with Gasteiger partial charge >= 0.3 is 0 Å². The number of aliphatic hydroxyl groups is 1. The minimum atomic E-state index is -0.990.